The van der Waals surface area contributed by atoms with Gasteiger partial charge in [0, 0.05) is 13.8 Å². The van der Waals surface area contributed by atoms with Crippen LogP contribution in [0.2, 0.25) is 0 Å². The predicted molar refractivity (Wildman–Crippen MR) is 122 cm³/mol. The summed E-state index contributed by atoms with van der Waals surface area (Å²) in [4.78, 5) is 35.3. The van der Waals surface area contributed by atoms with E-state index in [4.69, 9.17) is 23.7 Å². The Morgan fingerprint density at radius 1 is 0.683 bits per heavy atom. The van der Waals surface area contributed by atoms with Crippen molar-refractivity contribution in [1.82, 2.24) is 10.6 Å². The standard InChI is InChI=1S/C22H36N2O17/c1-5(27)23-9-13(31)11(29)7(3-25)38-21(9)40-17-14(32)15(33)22(41-18(17)19(34)35)39-16-10(24-6(2)28)20(36)37-8(4-26)12(16)30/h7-18,20-22,25-26,29-33,36H,3-4H2,1-2H3,(H,23,27)(H,24,28)(H,34,35)/p-1/t7-,8-,9-,10-,11-,12-,13-,14-,15-,16-,17+,18+,20-,21+,22-/m1/s1. The molecule has 236 valence electrons. The number of carbonyl (C=O) groups is 3. The van der Waals surface area contributed by atoms with Gasteiger partial charge in [-0.15, -0.1) is 0 Å². The maximum atomic E-state index is 12.0. The summed E-state index contributed by atoms with van der Waals surface area (Å²) in [5.41, 5.74) is 0. The Bertz CT molecular complexity index is 927. The van der Waals surface area contributed by atoms with Crippen LogP contribution >= 0.6 is 0 Å². The highest BCUT2D eigenvalue weighted by atomic mass is 16.7. The van der Waals surface area contributed by atoms with Gasteiger partial charge in [-0.1, -0.05) is 0 Å². The molecule has 3 aliphatic rings. The van der Waals surface area contributed by atoms with Gasteiger partial charge >= 0.3 is 0 Å². The van der Waals surface area contributed by atoms with Gasteiger partial charge in [-0.2, -0.15) is 0 Å². The first-order valence-corrected chi connectivity index (χ1v) is 12.5. The van der Waals surface area contributed by atoms with E-state index in [1.807, 2.05) is 0 Å². The maximum absolute atomic E-state index is 12.0. The third-order valence-corrected chi connectivity index (χ3v) is 6.85. The number of carboxylic acids is 1. The Morgan fingerprint density at radius 3 is 1.76 bits per heavy atom. The van der Waals surface area contributed by atoms with Crippen molar-refractivity contribution in [2.45, 2.75) is 106 Å². The molecule has 15 atom stereocenters. The van der Waals surface area contributed by atoms with E-state index in [9.17, 15) is 60.3 Å². The first-order chi connectivity index (χ1) is 19.2. The number of aliphatic carboxylic acids is 1. The summed E-state index contributed by atoms with van der Waals surface area (Å²) in [5, 5.41) is 98.6. The van der Waals surface area contributed by atoms with E-state index in [0.717, 1.165) is 13.8 Å². The van der Waals surface area contributed by atoms with E-state index in [2.05, 4.69) is 10.6 Å². The van der Waals surface area contributed by atoms with Crippen LogP contribution in [0.4, 0.5) is 0 Å². The Labute approximate surface area is 232 Å². The predicted octanol–water partition coefficient (Wildman–Crippen LogP) is -8.53. The zero-order valence-electron chi connectivity index (χ0n) is 21.8. The highest BCUT2D eigenvalue weighted by Crippen LogP contribution is 2.32. The molecule has 19 nitrogen and oxygen atoms in total. The highest BCUT2D eigenvalue weighted by molar-refractivity contribution is 5.74. The molecule has 0 aliphatic carbocycles. The van der Waals surface area contributed by atoms with Crippen molar-refractivity contribution in [2.24, 2.45) is 0 Å². The Balaban J connectivity index is 1.86. The van der Waals surface area contributed by atoms with Gasteiger partial charge in [-0.25, -0.2) is 0 Å². The molecule has 19 heteroatoms. The summed E-state index contributed by atoms with van der Waals surface area (Å²) in [6.07, 6.45) is -24.1. The molecular formula is C22H35N2O17-. The average molecular weight is 600 g/mol. The Hall–Kier alpha value is -2.11. The number of nitrogens with one attached hydrogen (secondary N) is 2. The molecule has 0 aromatic rings. The van der Waals surface area contributed by atoms with Crippen molar-refractivity contribution in [1.29, 1.82) is 0 Å². The van der Waals surface area contributed by atoms with Gasteiger partial charge in [0.1, 0.15) is 73.1 Å². The summed E-state index contributed by atoms with van der Waals surface area (Å²) in [7, 11) is 0. The summed E-state index contributed by atoms with van der Waals surface area (Å²) in [5.74, 6) is -3.43. The van der Waals surface area contributed by atoms with Gasteiger partial charge in [0.05, 0.1) is 19.2 Å². The number of aliphatic hydroxyl groups is 8. The molecule has 0 spiro atoms. The van der Waals surface area contributed by atoms with E-state index >= 15 is 0 Å². The monoisotopic (exact) mass is 599 g/mol. The number of aliphatic hydroxyl groups excluding tert-OH is 8. The van der Waals surface area contributed by atoms with Crippen LogP contribution in [0.25, 0.3) is 0 Å². The molecule has 3 saturated heterocycles. The van der Waals surface area contributed by atoms with Crippen LogP contribution in [0.3, 0.4) is 0 Å². The van der Waals surface area contributed by atoms with Crippen molar-refractivity contribution in [3.8, 4) is 0 Å². The SMILES string of the molecule is CC(=O)N[C@@H]1[C@@H](O[C@@H]2O[C@H](C(=O)[O-])[C@@H](O[C@@H]3O[C@H](CO)[C@@H](O)[C@H](O)[C@H]3NC(C)=O)[C@H](O)[C@H]2O)[C@H](O)[C@@H](CO)O[C@H]1O. The van der Waals surface area contributed by atoms with Crippen molar-refractivity contribution < 1.29 is 84.0 Å². The fourth-order valence-electron chi connectivity index (χ4n) is 4.82. The number of carboxylic acid groups (broad SMARTS) is 1. The summed E-state index contributed by atoms with van der Waals surface area (Å²) >= 11 is 0. The number of ether oxygens (including phenoxy) is 5. The minimum absolute atomic E-state index is 0.707. The summed E-state index contributed by atoms with van der Waals surface area (Å²) < 4.78 is 26.7. The second kappa shape index (κ2) is 13.9. The van der Waals surface area contributed by atoms with Crippen molar-refractivity contribution >= 4 is 17.8 Å². The van der Waals surface area contributed by atoms with Gasteiger partial charge in [0.15, 0.2) is 18.9 Å². The van der Waals surface area contributed by atoms with Crippen LogP contribution in [-0.4, -0.2) is 164 Å². The van der Waals surface area contributed by atoms with Crippen LogP contribution in [0, 0.1) is 0 Å². The Morgan fingerprint density at radius 2 is 1.22 bits per heavy atom. The first kappa shape index (κ1) is 33.4. The van der Waals surface area contributed by atoms with E-state index in [-0.39, 0.29) is 0 Å². The molecule has 0 unspecified atom stereocenters. The molecule has 2 amide bonds. The summed E-state index contributed by atoms with van der Waals surface area (Å²) in [6.45, 7) is 0.475. The minimum Gasteiger partial charge on any atom is -0.547 e. The lowest BCUT2D eigenvalue weighted by Gasteiger charge is -2.49. The van der Waals surface area contributed by atoms with Gasteiger partial charge < -0.3 is 85.1 Å². The largest absolute Gasteiger partial charge is 0.547 e. The molecular weight excluding hydrogens is 564 g/mol. The van der Waals surface area contributed by atoms with Crippen LogP contribution in [0.5, 0.6) is 0 Å². The zero-order chi connectivity index (χ0) is 30.8. The van der Waals surface area contributed by atoms with Crippen molar-refractivity contribution in [3.63, 3.8) is 0 Å². The first-order valence-electron chi connectivity index (χ1n) is 12.5. The van der Waals surface area contributed by atoms with Crippen molar-refractivity contribution in [3.05, 3.63) is 0 Å². The zero-order valence-corrected chi connectivity index (χ0v) is 21.8. The minimum atomic E-state index is -2.24. The Kier molecular flexibility index (Phi) is 11.3. The number of amides is 2. The normalized spacial score (nSPS) is 45.1. The quantitative estimate of drug-likeness (QED) is 0.118. The van der Waals surface area contributed by atoms with Gasteiger partial charge in [0.2, 0.25) is 11.8 Å². The molecule has 3 aliphatic heterocycles. The van der Waals surface area contributed by atoms with Crippen LogP contribution in [-0.2, 0) is 38.1 Å². The van der Waals surface area contributed by atoms with Gasteiger partial charge in [-0.05, 0) is 0 Å². The topological polar surface area (TPSA) is 306 Å². The van der Waals surface area contributed by atoms with E-state index in [1.165, 1.54) is 0 Å². The van der Waals surface area contributed by atoms with Crippen LogP contribution in [0.15, 0.2) is 0 Å². The molecule has 0 aromatic carbocycles. The lowest BCUT2D eigenvalue weighted by molar-refractivity contribution is -0.379. The van der Waals surface area contributed by atoms with Crippen molar-refractivity contribution in [2.75, 3.05) is 13.2 Å². The average Bonchev–Trinajstić information content (AvgIpc) is 2.90. The second-order valence-electron chi connectivity index (χ2n) is 9.82. The molecule has 0 aromatic heterocycles. The molecule has 41 heavy (non-hydrogen) atoms. The van der Waals surface area contributed by atoms with E-state index in [1.54, 1.807) is 0 Å². The van der Waals surface area contributed by atoms with Crippen LogP contribution in [0.1, 0.15) is 13.8 Å². The molecule has 10 N–H and O–H groups in total. The van der Waals surface area contributed by atoms with Gasteiger partial charge in [0.25, 0.3) is 0 Å². The second-order valence-corrected chi connectivity index (χ2v) is 9.82. The number of hydrogen-bond acceptors (Lipinski definition) is 17. The number of carbonyl (C=O) groups excluding carboxylic acids is 3. The van der Waals surface area contributed by atoms with Gasteiger partial charge in [-0.3, -0.25) is 9.59 Å². The smallest absolute Gasteiger partial charge is 0.217 e. The molecule has 3 heterocycles. The molecule has 3 fully saturated rings. The van der Waals surface area contributed by atoms with E-state index in [0.29, 0.717) is 0 Å². The highest BCUT2D eigenvalue weighted by Gasteiger charge is 2.54. The molecule has 0 radical (unpaired) electrons. The van der Waals surface area contributed by atoms with E-state index < -0.39 is 123 Å². The third kappa shape index (κ3) is 7.28. The number of hydrogen-bond donors (Lipinski definition) is 10. The maximum Gasteiger partial charge on any atom is 0.217 e. The molecule has 0 saturated carbocycles. The van der Waals surface area contributed by atoms with Crippen LogP contribution < -0.4 is 15.7 Å². The fourth-order valence-corrected chi connectivity index (χ4v) is 4.82. The molecule has 0 bridgehead atoms. The summed E-state index contributed by atoms with van der Waals surface area (Å²) in [6, 6.07) is -3.05. The molecule has 3 rings (SSSR count). The lowest BCUT2D eigenvalue weighted by Crippen LogP contribution is -2.70. The third-order valence-electron chi connectivity index (χ3n) is 6.85. The number of rotatable bonds is 9. The fraction of sp³-hybridized carbons (Fsp3) is 0.864. The lowest BCUT2D eigenvalue weighted by atomic mass is 9.94.